The molecule has 0 spiro atoms. The van der Waals surface area contributed by atoms with Crippen molar-refractivity contribution in [3.8, 4) is 0 Å². The molecule has 20 heavy (non-hydrogen) atoms. The Kier molecular flexibility index (Phi) is 6.30. The molecule has 1 aliphatic heterocycles. The third-order valence-electron chi connectivity index (χ3n) is 4.30. The zero-order valence-electron chi connectivity index (χ0n) is 13.5. The van der Waals surface area contributed by atoms with Crippen LogP contribution in [0.25, 0.3) is 0 Å². The molecular weight excluding hydrogens is 259 g/mol. The van der Waals surface area contributed by atoms with E-state index >= 15 is 0 Å². The van der Waals surface area contributed by atoms with E-state index in [1.165, 1.54) is 66.0 Å². The number of hydrogen-bond acceptors (Lipinski definition) is 0. The van der Waals surface area contributed by atoms with Gasteiger partial charge in [-0.25, -0.2) is 0 Å². The maximum absolute atomic E-state index is 2.50. The lowest BCUT2D eigenvalue weighted by molar-refractivity contribution is 0.761. The average molecular weight is 288 g/mol. The standard InChI is InChI=1S/C19H29P/c1-4-7-10-15-13-16-14-20-18(12-9-6-3)19(16)17(15)11-8-5-2/h13-14H,4-12H2,1-3H3. The van der Waals surface area contributed by atoms with Crippen LogP contribution >= 0.6 is 8.20 Å². The van der Waals surface area contributed by atoms with Crippen LogP contribution in [0.1, 0.15) is 78.6 Å². The Morgan fingerprint density at radius 3 is 2.20 bits per heavy atom. The predicted molar refractivity (Wildman–Crippen MR) is 93.7 cm³/mol. The second-order valence-electron chi connectivity index (χ2n) is 5.99. The molecule has 0 aromatic heterocycles. The molecule has 1 heteroatoms. The summed E-state index contributed by atoms with van der Waals surface area (Å²) in [4.78, 5) is 0. The quantitative estimate of drug-likeness (QED) is 0.409. The largest absolute Gasteiger partial charge is 0.0716 e. The van der Waals surface area contributed by atoms with Crippen molar-refractivity contribution in [1.82, 2.24) is 0 Å². The summed E-state index contributed by atoms with van der Waals surface area (Å²) in [6, 6.07) is 0. The fourth-order valence-electron chi connectivity index (χ4n) is 3.10. The highest BCUT2D eigenvalue weighted by Gasteiger charge is 2.25. The Bertz CT molecular complexity index is 460. The molecule has 1 heterocycles. The number of hydrogen-bond donors (Lipinski definition) is 0. The van der Waals surface area contributed by atoms with Gasteiger partial charge in [0.2, 0.25) is 0 Å². The van der Waals surface area contributed by atoms with E-state index in [0.29, 0.717) is 0 Å². The maximum Gasteiger partial charge on any atom is -0.00678 e. The average Bonchev–Trinajstić information content (AvgIpc) is 3.00. The molecule has 0 saturated heterocycles. The van der Waals surface area contributed by atoms with Gasteiger partial charge in [-0.2, -0.15) is 0 Å². The summed E-state index contributed by atoms with van der Waals surface area (Å²) in [5.41, 5.74) is 6.59. The van der Waals surface area contributed by atoms with Crippen molar-refractivity contribution in [3.05, 3.63) is 33.7 Å². The molecule has 0 fully saturated rings. The van der Waals surface area contributed by atoms with Gasteiger partial charge in [-0.05, 0) is 71.9 Å². The van der Waals surface area contributed by atoms with Crippen molar-refractivity contribution in [2.24, 2.45) is 0 Å². The molecule has 0 amide bonds. The van der Waals surface area contributed by atoms with Crippen LogP contribution in [0.2, 0.25) is 0 Å². The highest BCUT2D eigenvalue weighted by Crippen LogP contribution is 2.46. The van der Waals surface area contributed by atoms with E-state index in [9.17, 15) is 0 Å². The first-order valence-corrected chi connectivity index (χ1v) is 9.49. The monoisotopic (exact) mass is 288 g/mol. The summed E-state index contributed by atoms with van der Waals surface area (Å²) >= 11 is 0. The highest BCUT2D eigenvalue weighted by atomic mass is 31.1. The van der Waals surface area contributed by atoms with Crippen LogP contribution in [0, 0.1) is 0 Å². The van der Waals surface area contributed by atoms with Crippen molar-refractivity contribution in [2.75, 3.05) is 0 Å². The van der Waals surface area contributed by atoms with Gasteiger partial charge in [-0.15, -0.1) is 0 Å². The van der Waals surface area contributed by atoms with Crippen LogP contribution in [0.5, 0.6) is 0 Å². The molecule has 0 aromatic carbocycles. The van der Waals surface area contributed by atoms with Crippen LogP contribution < -0.4 is 0 Å². The van der Waals surface area contributed by atoms with Crippen molar-refractivity contribution < 1.29 is 0 Å². The van der Waals surface area contributed by atoms with E-state index in [1.54, 1.807) is 27.6 Å². The molecule has 1 aliphatic carbocycles. The first kappa shape index (κ1) is 15.8. The van der Waals surface area contributed by atoms with Gasteiger partial charge in [0.15, 0.2) is 0 Å². The fourth-order valence-corrected chi connectivity index (χ4v) is 4.28. The Labute approximate surface area is 126 Å². The second kappa shape index (κ2) is 7.99. The van der Waals surface area contributed by atoms with Gasteiger partial charge in [0, 0.05) is 0 Å². The second-order valence-corrected chi connectivity index (χ2v) is 7.05. The fraction of sp³-hybridized carbons (Fsp3) is 0.632. The van der Waals surface area contributed by atoms with Gasteiger partial charge in [-0.1, -0.05) is 54.3 Å². The summed E-state index contributed by atoms with van der Waals surface area (Å²) in [5, 5.41) is 1.70. The lowest BCUT2D eigenvalue weighted by Crippen LogP contribution is -1.93. The zero-order chi connectivity index (χ0) is 14.4. The Balaban J connectivity index is 2.22. The number of rotatable bonds is 9. The van der Waals surface area contributed by atoms with E-state index in [2.05, 4.69) is 32.6 Å². The number of unbranched alkanes of at least 4 members (excludes halogenated alkanes) is 3. The molecule has 0 radical (unpaired) electrons. The van der Waals surface area contributed by atoms with Gasteiger partial charge >= 0.3 is 0 Å². The topological polar surface area (TPSA) is 0 Å². The van der Waals surface area contributed by atoms with Crippen molar-refractivity contribution in [1.29, 1.82) is 0 Å². The molecule has 0 N–H and O–H groups in total. The SMILES string of the molecule is CCCCC1=C(CCCC)C2=C(CCCC)P=CC2=C1. The summed E-state index contributed by atoms with van der Waals surface area (Å²) in [6.07, 6.45) is 14.3. The van der Waals surface area contributed by atoms with E-state index in [-0.39, 0.29) is 0 Å². The molecule has 0 unspecified atom stereocenters. The van der Waals surface area contributed by atoms with Crippen LogP contribution in [-0.2, 0) is 0 Å². The molecule has 2 aliphatic rings. The van der Waals surface area contributed by atoms with E-state index in [0.717, 1.165) is 0 Å². The van der Waals surface area contributed by atoms with Gasteiger partial charge in [0.25, 0.3) is 0 Å². The van der Waals surface area contributed by atoms with E-state index in [4.69, 9.17) is 0 Å². The summed E-state index contributed by atoms with van der Waals surface area (Å²) in [5.74, 6) is 2.45. The number of allylic oxidation sites excluding steroid dienone is 6. The minimum atomic E-state index is 1.29. The van der Waals surface area contributed by atoms with Crippen molar-refractivity contribution in [3.63, 3.8) is 0 Å². The van der Waals surface area contributed by atoms with E-state index < -0.39 is 0 Å². The maximum atomic E-state index is 2.50. The normalized spacial score (nSPS) is 18.1. The Morgan fingerprint density at radius 1 is 0.850 bits per heavy atom. The zero-order valence-corrected chi connectivity index (χ0v) is 14.4. The molecule has 0 aromatic rings. The minimum Gasteiger partial charge on any atom is -0.0716 e. The lowest BCUT2D eigenvalue weighted by atomic mass is 9.95. The number of fused-ring (bicyclic) bond motifs is 1. The van der Waals surface area contributed by atoms with Crippen LogP contribution in [0.3, 0.4) is 0 Å². The lowest BCUT2D eigenvalue weighted by Gasteiger charge is -2.11. The predicted octanol–water partition coefficient (Wildman–Crippen LogP) is 6.81. The molecule has 0 bridgehead atoms. The molecule has 110 valence electrons. The third-order valence-corrected chi connectivity index (χ3v) is 5.47. The van der Waals surface area contributed by atoms with Gasteiger partial charge in [0.05, 0.1) is 0 Å². The van der Waals surface area contributed by atoms with Crippen molar-refractivity contribution >= 4 is 14.0 Å². The summed E-state index contributed by atoms with van der Waals surface area (Å²) in [7, 11) is 1.48. The van der Waals surface area contributed by atoms with Gasteiger partial charge < -0.3 is 0 Å². The van der Waals surface area contributed by atoms with Gasteiger partial charge in [0.1, 0.15) is 0 Å². The third kappa shape index (κ3) is 3.53. The smallest absolute Gasteiger partial charge is 0.00678 e. The Morgan fingerprint density at radius 2 is 1.50 bits per heavy atom. The molecule has 0 nitrogen and oxygen atoms in total. The summed E-state index contributed by atoms with van der Waals surface area (Å²) < 4.78 is 0. The van der Waals surface area contributed by atoms with Gasteiger partial charge in [-0.3, -0.25) is 0 Å². The molecule has 0 atom stereocenters. The van der Waals surface area contributed by atoms with Crippen LogP contribution in [0.4, 0.5) is 0 Å². The summed E-state index contributed by atoms with van der Waals surface area (Å²) in [6.45, 7) is 6.90. The molecular formula is C19H29P. The minimum absolute atomic E-state index is 1.29. The van der Waals surface area contributed by atoms with E-state index in [1.807, 2.05) is 0 Å². The molecule has 2 rings (SSSR count). The first-order valence-electron chi connectivity index (χ1n) is 8.53. The molecule has 0 saturated carbocycles. The van der Waals surface area contributed by atoms with Crippen LogP contribution in [0.15, 0.2) is 33.7 Å². The van der Waals surface area contributed by atoms with Crippen LogP contribution in [-0.4, -0.2) is 5.80 Å². The van der Waals surface area contributed by atoms with Crippen molar-refractivity contribution in [2.45, 2.75) is 78.6 Å². The Hall–Kier alpha value is -0.610. The first-order chi connectivity index (χ1) is 9.81. The highest BCUT2D eigenvalue weighted by molar-refractivity contribution is 7.44.